The minimum atomic E-state index is -0.826. The molecule has 3 rings (SSSR count). The van der Waals surface area contributed by atoms with Gasteiger partial charge in [0.05, 0.1) is 0 Å². The van der Waals surface area contributed by atoms with Gasteiger partial charge in [-0.25, -0.2) is 0 Å². The average Bonchev–Trinajstić information content (AvgIpc) is 3.06. The number of hydrogen-bond acceptors (Lipinski definition) is 0. The first kappa shape index (κ1) is 23.8. The zero-order chi connectivity index (χ0) is 21.0. The Kier molecular flexibility index (Phi) is 8.93. The van der Waals surface area contributed by atoms with Crippen LogP contribution in [0, 0.1) is 6.92 Å². The van der Waals surface area contributed by atoms with Gasteiger partial charge in [0.25, 0.3) is 0 Å². The molecule has 0 bridgehead atoms. The summed E-state index contributed by atoms with van der Waals surface area (Å²) in [5.41, 5.74) is 8.46. The van der Waals surface area contributed by atoms with Gasteiger partial charge in [0, 0.05) is 0 Å². The van der Waals surface area contributed by atoms with Crippen molar-refractivity contribution in [1.29, 1.82) is 0 Å². The topological polar surface area (TPSA) is 0 Å². The molecule has 0 N–H and O–H groups in total. The van der Waals surface area contributed by atoms with Gasteiger partial charge in [-0.05, 0) is 41.4 Å². The molecule has 0 aromatic heterocycles. The van der Waals surface area contributed by atoms with E-state index < -0.39 is 20.8 Å². The molecule has 0 saturated carbocycles. The minimum absolute atomic E-state index is 0.544. The van der Waals surface area contributed by atoms with E-state index in [1.807, 2.05) is 0 Å². The van der Waals surface area contributed by atoms with Crippen molar-refractivity contribution in [2.24, 2.45) is 0 Å². The number of halogens is 2. The molecule has 150 valence electrons. The van der Waals surface area contributed by atoms with Gasteiger partial charge in [0.15, 0.2) is 0 Å². The summed E-state index contributed by atoms with van der Waals surface area (Å²) < 4.78 is 0. The molecule has 0 amide bonds. The molecule has 0 saturated heterocycles. The second kappa shape index (κ2) is 10.5. The second-order valence-corrected chi connectivity index (χ2v) is 12.2. The van der Waals surface area contributed by atoms with Crippen molar-refractivity contribution in [3.8, 4) is 11.1 Å². The Bertz CT molecular complexity index is 893. The summed E-state index contributed by atoms with van der Waals surface area (Å²) in [6.07, 6.45) is 0. The van der Waals surface area contributed by atoms with Crippen molar-refractivity contribution >= 4 is 27.8 Å². The molecule has 0 spiro atoms. The summed E-state index contributed by atoms with van der Waals surface area (Å²) in [6, 6.07) is 16.5. The van der Waals surface area contributed by atoms with Gasteiger partial charge in [-0.2, -0.15) is 6.07 Å². The van der Waals surface area contributed by atoms with Crippen LogP contribution >= 0.6 is 17.0 Å². The Hall–Kier alpha value is -0.487. The molecule has 0 heterocycles. The van der Waals surface area contributed by atoms with Crippen molar-refractivity contribution in [1.82, 2.24) is 0 Å². The maximum atomic E-state index is 4.93. The van der Waals surface area contributed by atoms with Gasteiger partial charge in [-0.15, -0.1) is 34.5 Å². The van der Waals surface area contributed by atoms with Crippen LogP contribution in [-0.4, -0.2) is 0 Å². The first-order chi connectivity index (χ1) is 13.2. The molecular weight excluding hydrogens is 462 g/mol. The third-order valence-corrected chi connectivity index (χ3v) is 5.39. The van der Waals surface area contributed by atoms with Gasteiger partial charge >= 0.3 is 37.9 Å². The number of aryl methyl sites for hydroxylation is 1. The van der Waals surface area contributed by atoms with Crippen LogP contribution in [0.4, 0.5) is 0 Å². The molecule has 0 atom stereocenters. The fourth-order valence-corrected chi connectivity index (χ4v) is 3.62. The third kappa shape index (κ3) is 5.56. The van der Waals surface area contributed by atoms with Crippen LogP contribution in [0.1, 0.15) is 81.5 Å². The average molecular weight is 494 g/mol. The number of rotatable bonds is 4. The van der Waals surface area contributed by atoms with Crippen LogP contribution in [0.2, 0.25) is 0 Å². The van der Waals surface area contributed by atoms with Crippen LogP contribution in [-0.2, 0) is 20.8 Å². The van der Waals surface area contributed by atoms with Gasteiger partial charge < -0.3 is 0 Å². The van der Waals surface area contributed by atoms with Gasteiger partial charge in [0.1, 0.15) is 0 Å². The third-order valence-electron chi connectivity index (χ3n) is 5.39. The Morgan fingerprint density at radius 3 is 1.79 bits per heavy atom. The van der Waals surface area contributed by atoms with Crippen LogP contribution in [0.3, 0.4) is 0 Å². The molecule has 0 aliphatic heterocycles. The Balaban J connectivity index is 0.000000878. The van der Waals surface area contributed by atoms with Crippen molar-refractivity contribution < 1.29 is 20.8 Å². The van der Waals surface area contributed by atoms with E-state index >= 15 is 0 Å². The molecule has 3 aromatic carbocycles. The van der Waals surface area contributed by atoms with Crippen molar-refractivity contribution in [2.75, 3.05) is 0 Å². The first-order valence-electron chi connectivity index (χ1n) is 10.0. The fraction of sp³-hybridized carbons (Fsp3) is 0.400. The van der Waals surface area contributed by atoms with Crippen LogP contribution in [0.15, 0.2) is 42.5 Å². The molecule has 0 fully saturated rings. The van der Waals surface area contributed by atoms with Crippen LogP contribution in [0.25, 0.3) is 21.9 Å². The summed E-state index contributed by atoms with van der Waals surface area (Å²) in [5.74, 6) is 1.65. The van der Waals surface area contributed by atoms with Crippen molar-refractivity contribution in [3.63, 3.8) is 0 Å². The van der Waals surface area contributed by atoms with Gasteiger partial charge in [0.2, 0.25) is 0 Å². The number of benzene rings is 2. The fourth-order valence-electron chi connectivity index (χ4n) is 3.62. The molecule has 0 unspecified atom stereocenters. The van der Waals surface area contributed by atoms with Crippen LogP contribution < -0.4 is 0 Å². The molecule has 28 heavy (non-hydrogen) atoms. The zero-order valence-corrected chi connectivity index (χ0v) is 22.0. The maximum absolute atomic E-state index is 4.93. The van der Waals surface area contributed by atoms with E-state index in [1.165, 1.54) is 44.2 Å². The van der Waals surface area contributed by atoms with E-state index in [9.17, 15) is 0 Å². The van der Waals surface area contributed by atoms with Crippen LogP contribution in [0.5, 0.6) is 0 Å². The molecule has 0 aliphatic carbocycles. The molecule has 3 aromatic rings. The van der Waals surface area contributed by atoms with Gasteiger partial charge in [-0.3, -0.25) is 0 Å². The van der Waals surface area contributed by atoms with E-state index in [4.69, 9.17) is 17.0 Å². The second-order valence-electron chi connectivity index (χ2n) is 8.47. The van der Waals surface area contributed by atoms with Crippen molar-refractivity contribution in [3.05, 3.63) is 64.7 Å². The summed E-state index contributed by atoms with van der Waals surface area (Å²) in [6.45, 7) is 15.9. The quantitative estimate of drug-likeness (QED) is 0.318. The number of hydrogen-bond donors (Lipinski definition) is 0. The Labute approximate surface area is 189 Å². The van der Waals surface area contributed by atoms with E-state index in [0.29, 0.717) is 17.8 Å². The van der Waals surface area contributed by atoms with E-state index in [2.05, 4.69) is 90.9 Å². The molecule has 0 aliphatic rings. The number of fused-ring (bicyclic) bond motifs is 1. The Morgan fingerprint density at radius 2 is 1.32 bits per heavy atom. The predicted molar refractivity (Wildman–Crippen MR) is 124 cm³/mol. The monoisotopic (exact) mass is 491 g/mol. The molecule has 3 heteroatoms. The zero-order valence-electron chi connectivity index (χ0n) is 18.0. The first-order valence-corrected chi connectivity index (χ1v) is 16.3. The molecule has 0 nitrogen and oxygen atoms in total. The summed E-state index contributed by atoms with van der Waals surface area (Å²) in [4.78, 5) is 0. The summed E-state index contributed by atoms with van der Waals surface area (Å²) in [5, 5.41) is 2.77. The normalized spacial score (nSPS) is 11.3. The van der Waals surface area contributed by atoms with Crippen molar-refractivity contribution in [2.45, 2.75) is 66.2 Å². The van der Waals surface area contributed by atoms with E-state index in [1.54, 1.807) is 0 Å². The Morgan fingerprint density at radius 1 is 0.786 bits per heavy atom. The molecular formula is C25H31Cl2Zr-. The SMILES string of the molecule is Cc1ccc2[cH-]c(C(C)C)cc2c1-c1cc(C(C)C)cc(C(C)C)c1.[Cl][Zr][Cl]. The summed E-state index contributed by atoms with van der Waals surface area (Å²) in [7, 11) is 9.87. The van der Waals surface area contributed by atoms with Gasteiger partial charge in [-0.1, -0.05) is 70.9 Å². The summed E-state index contributed by atoms with van der Waals surface area (Å²) >= 11 is -0.826. The molecule has 0 radical (unpaired) electrons. The standard InChI is InChI=1S/C25H31.2ClH.Zr/c1-15(2)20-11-21(16(3)4)13-23(12-20)25-18(7)8-9-19-10-22(17(5)6)14-24(19)25;;;/h8-17H,1-7H3;2*1H;/q-1;;;+2/p-2. The predicted octanol–water partition coefficient (Wildman–Crippen LogP) is 9.28. The van der Waals surface area contributed by atoms with E-state index in [-0.39, 0.29) is 0 Å². The van der Waals surface area contributed by atoms with E-state index in [0.717, 1.165) is 0 Å².